The number of hydrogen-bond donors (Lipinski definition) is 0. The topological polar surface area (TPSA) is 31.5 Å². The molecule has 0 amide bonds. The number of benzene rings is 1. The molecule has 50 valence electrons. The Morgan fingerprint density at radius 1 is 1.11 bits per heavy atom. The van der Waals surface area contributed by atoms with Crippen molar-refractivity contribution in [2.24, 2.45) is 0 Å². The Bertz CT molecular complexity index is 152. The van der Waals surface area contributed by atoms with Gasteiger partial charge in [0, 0.05) is 9.50 Å². The van der Waals surface area contributed by atoms with Crippen LogP contribution in [0, 0.1) is 0 Å². The SMILES string of the molecule is Clc1ccc(Br)cc1.O. The third-order valence-corrected chi connectivity index (χ3v) is 1.58. The first-order valence-electron chi connectivity index (χ1n) is 2.20. The van der Waals surface area contributed by atoms with E-state index in [4.69, 9.17) is 11.6 Å². The van der Waals surface area contributed by atoms with E-state index in [1.54, 1.807) is 0 Å². The van der Waals surface area contributed by atoms with E-state index in [1.807, 2.05) is 24.3 Å². The highest BCUT2D eigenvalue weighted by atomic mass is 79.9. The Hall–Kier alpha value is -0.0500. The van der Waals surface area contributed by atoms with Crippen molar-refractivity contribution in [3.8, 4) is 0 Å². The second kappa shape index (κ2) is 3.88. The Morgan fingerprint density at radius 3 is 1.89 bits per heavy atom. The fourth-order valence-electron chi connectivity index (χ4n) is 0.430. The van der Waals surface area contributed by atoms with Gasteiger partial charge in [0.2, 0.25) is 0 Å². The van der Waals surface area contributed by atoms with E-state index in [9.17, 15) is 0 Å². The second-order valence-electron chi connectivity index (χ2n) is 1.44. The molecule has 0 aliphatic carbocycles. The quantitative estimate of drug-likeness (QED) is 0.628. The molecular formula is C6H6BrClO. The lowest BCUT2D eigenvalue weighted by molar-refractivity contribution is 0.824. The summed E-state index contributed by atoms with van der Waals surface area (Å²) >= 11 is 8.88. The molecule has 1 aromatic carbocycles. The molecule has 0 bridgehead atoms. The molecule has 3 heteroatoms. The van der Waals surface area contributed by atoms with E-state index in [0.717, 1.165) is 9.50 Å². The smallest absolute Gasteiger partial charge is 0.0406 e. The van der Waals surface area contributed by atoms with Crippen LogP contribution >= 0.6 is 27.5 Å². The van der Waals surface area contributed by atoms with Crippen LogP contribution in [0.4, 0.5) is 0 Å². The van der Waals surface area contributed by atoms with Crippen LogP contribution in [0.5, 0.6) is 0 Å². The number of hydrogen-bond acceptors (Lipinski definition) is 0. The van der Waals surface area contributed by atoms with Crippen LogP contribution in [0.25, 0.3) is 0 Å². The predicted octanol–water partition coefficient (Wildman–Crippen LogP) is 2.28. The minimum Gasteiger partial charge on any atom is -0.412 e. The van der Waals surface area contributed by atoms with E-state index in [2.05, 4.69) is 15.9 Å². The number of rotatable bonds is 0. The molecule has 9 heavy (non-hydrogen) atoms. The summed E-state index contributed by atoms with van der Waals surface area (Å²) in [6, 6.07) is 7.49. The summed E-state index contributed by atoms with van der Waals surface area (Å²) < 4.78 is 1.06. The van der Waals surface area contributed by atoms with Gasteiger partial charge in [-0.2, -0.15) is 0 Å². The van der Waals surface area contributed by atoms with Crippen LogP contribution in [-0.4, -0.2) is 5.48 Å². The van der Waals surface area contributed by atoms with Gasteiger partial charge in [-0.05, 0) is 24.3 Å². The van der Waals surface area contributed by atoms with Crippen molar-refractivity contribution in [3.05, 3.63) is 33.8 Å². The van der Waals surface area contributed by atoms with Crippen molar-refractivity contribution in [1.29, 1.82) is 0 Å². The van der Waals surface area contributed by atoms with Crippen LogP contribution in [0.15, 0.2) is 28.7 Å². The molecular weight excluding hydrogens is 203 g/mol. The summed E-state index contributed by atoms with van der Waals surface area (Å²) in [4.78, 5) is 0. The molecule has 0 saturated carbocycles. The van der Waals surface area contributed by atoms with E-state index < -0.39 is 0 Å². The summed E-state index contributed by atoms with van der Waals surface area (Å²) in [5.41, 5.74) is 0. The molecule has 0 heterocycles. The summed E-state index contributed by atoms with van der Waals surface area (Å²) in [6.45, 7) is 0. The van der Waals surface area contributed by atoms with E-state index in [1.165, 1.54) is 0 Å². The van der Waals surface area contributed by atoms with Gasteiger partial charge in [-0.1, -0.05) is 27.5 Å². The van der Waals surface area contributed by atoms with Crippen molar-refractivity contribution in [3.63, 3.8) is 0 Å². The summed E-state index contributed by atoms with van der Waals surface area (Å²) in [5, 5.41) is 0.771. The largest absolute Gasteiger partial charge is 0.412 e. The average Bonchev–Trinajstić information content (AvgIpc) is 1.77. The normalized spacial score (nSPS) is 8.22. The highest BCUT2D eigenvalue weighted by molar-refractivity contribution is 9.10. The molecule has 0 saturated heterocycles. The van der Waals surface area contributed by atoms with Gasteiger partial charge in [0.05, 0.1) is 0 Å². The average molecular weight is 209 g/mol. The van der Waals surface area contributed by atoms with Crippen molar-refractivity contribution < 1.29 is 5.48 Å². The molecule has 0 aliphatic rings. The third-order valence-electron chi connectivity index (χ3n) is 0.804. The zero-order chi connectivity index (χ0) is 5.98. The van der Waals surface area contributed by atoms with Gasteiger partial charge in [-0.15, -0.1) is 0 Å². The van der Waals surface area contributed by atoms with Crippen LogP contribution in [0.2, 0.25) is 5.02 Å². The molecule has 1 rings (SSSR count). The molecule has 0 spiro atoms. The monoisotopic (exact) mass is 208 g/mol. The lowest BCUT2D eigenvalue weighted by atomic mass is 10.4. The Balaban J connectivity index is 0.000000640. The van der Waals surface area contributed by atoms with Gasteiger partial charge in [0.15, 0.2) is 0 Å². The van der Waals surface area contributed by atoms with Gasteiger partial charge in [-0.3, -0.25) is 0 Å². The maximum absolute atomic E-state index is 5.59. The van der Waals surface area contributed by atoms with Crippen LogP contribution in [0.3, 0.4) is 0 Å². The molecule has 0 fully saturated rings. The Kier molecular flexibility index (Phi) is 3.86. The predicted molar refractivity (Wildman–Crippen MR) is 42.8 cm³/mol. The molecule has 1 nitrogen and oxygen atoms in total. The summed E-state index contributed by atoms with van der Waals surface area (Å²) in [5.74, 6) is 0. The third kappa shape index (κ3) is 2.84. The van der Waals surface area contributed by atoms with E-state index in [0.29, 0.717) is 0 Å². The highest BCUT2D eigenvalue weighted by Gasteiger charge is 1.83. The van der Waals surface area contributed by atoms with Crippen molar-refractivity contribution in [1.82, 2.24) is 0 Å². The molecule has 1 aromatic rings. The maximum atomic E-state index is 5.59. The molecule has 0 radical (unpaired) electrons. The minimum atomic E-state index is 0. The standard InChI is InChI=1S/C6H4BrCl.H2O/c7-5-1-3-6(8)4-2-5;/h1-4H;1H2. The van der Waals surface area contributed by atoms with E-state index >= 15 is 0 Å². The van der Waals surface area contributed by atoms with Gasteiger partial charge >= 0.3 is 0 Å². The van der Waals surface area contributed by atoms with Crippen LogP contribution < -0.4 is 0 Å². The zero-order valence-corrected chi connectivity index (χ0v) is 6.91. The van der Waals surface area contributed by atoms with Crippen molar-refractivity contribution >= 4 is 27.5 Å². The highest BCUT2D eigenvalue weighted by Crippen LogP contribution is 2.13. The fraction of sp³-hybridized carbons (Fsp3) is 0. The molecule has 2 N–H and O–H groups in total. The molecule has 0 aromatic heterocycles. The van der Waals surface area contributed by atoms with E-state index in [-0.39, 0.29) is 5.48 Å². The van der Waals surface area contributed by atoms with Gasteiger partial charge in [-0.25, -0.2) is 0 Å². The molecule has 0 aliphatic heterocycles. The van der Waals surface area contributed by atoms with Crippen molar-refractivity contribution in [2.45, 2.75) is 0 Å². The minimum absolute atomic E-state index is 0. The van der Waals surface area contributed by atoms with Crippen LogP contribution in [0.1, 0.15) is 0 Å². The maximum Gasteiger partial charge on any atom is 0.0406 e. The second-order valence-corrected chi connectivity index (χ2v) is 2.79. The first-order valence-corrected chi connectivity index (χ1v) is 3.37. The number of halogens is 2. The molecule has 0 unspecified atom stereocenters. The summed E-state index contributed by atoms with van der Waals surface area (Å²) in [7, 11) is 0. The van der Waals surface area contributed by atoms with Crippen LogP contribution in [-0.2, 0) is 0 Å². The van der Waals surface area contributed by atoms with Gasteiger partial charge in [0.1, 0.15) is 0 Å². The lowest BCUT2D eigenvalue weighted by Crippen LogP contribution is -1.61. The zero-order valence-electron chi connectivity index (χ0n) is 4.57. The summed E-state index contributed by atoms with van der Waals surface area (Å²) in [6.07, 6.45) is 0. The Morgan fingerprint density at radius 2 is 1.56 bits per heavy atom. The fourth-order valence-corrected chi connectivity index (χ4v) is 0.820. The van der Waals surface area contributed by atoms with Crippen molar-refractivity contribution in [2.75, 3.05) is 0 Å². The van der Waals surface area contributed by atoms with Gasteiger partial charge in [0.25, 0.3) is 0 Å². The molecule has 0 atom stereocenters. The lowest BCUT2D eigenvalue weighted by Gasteiger charge is -1.86. The first-order chi connectivity index (χ1) is 3.79. The first kappa shape index (κ1) is 8.95. The Labute approximate surface area is 67.1 Å². The van der Waals surface area contributed by atoms with Gasteiger partial charge < -0.3 is 5.48 Å².